The first-order valence-electron chi connectivity index (χ1n) is 7.79. The zero-order valence-corrected chi connectivity index (χ0v) is 14.4. The first-order chi connectivity index (χ1) is 10.1. The number of nitrogens with one attached hydrogen (secondary N) is 1. The van der Waals surface area contributed by atoms with Crippen molar-refractivity contribution >= 4 is 23.6 Å². The average Bonchev–Trinajstić information content (AvgIpc) is 3.13. The third kappa shape index (κ3) is 3.14. The molecule has 5 heteroatoms. The molecule has 0 atom stereocenters. The van der Waals surface area contributed by atoms with Crippen LogP contribution in [0.2, 0.25) is 0 Å². The van der Waals surface area contributed by atoms with Crippen molar-refractivity contribution in [2.45, 2.75) is 52.5 Å². The highest BCUT2D eigenvalue weighted by atomic mass is 32.1. The van der Waals surface area contributed by atoms with Crippen LogP contribution in [0.4, 0.5) is 0 Å². The Kier molecular flexibility index (Phi) is 4.31. The summed E-state index contributed by atoms with van der Waals surface area (Å²) in [7, 11) is 0. The Morgan fingerprint density at radius 3 is 2.81 bits per heavy atom. The third-order valence-corrected chi connectivity index (χ3v) is 5.68. The van der Waals surface area contributed by atoms with E-state index >= 15 is 0 Å². The summed E-state index contributed by atoms with van der Waals surface area (Å²) in [6.45, 7) is 5.66. The summed E-state index contributed by atoms with van der Waals surface area (Å²) in [6.07, 6.45) is 6.63. The Balaban J connectivity index is 1.93. The number of hydrogen-bond donors (Lipinski definition) is 1. The molecule has 1 N–H and O–H groups in total. The molecule has 0 radical (unpaired) electrons. The maximum atomic E-state index is 5.49. The normalized spacial score (nSPS) is 17.7. The van der Waals surface area contributed by atoms with Crippen LogP contribution in [0.5, 0.6) is 0 Å². The second-order valence-electron chi connectivity index (χ2n) is 6.72. The smallest absolute Gasteiger partial charge is 0.195 e. The van der Waals surface area contributed by atoms with E-state index in [4.69, 9.17) is 12.2 Å². The van der Waals surface area contributed by atoms with Gasteiger partial charge < -0.3 is 0 Å². The average molecular weight is 322 g/mol. The van der Waals surface area contributed by atoms with E-state index in [1.165, 1.54) is 37.0 Å². The summed E-state index contributed by atoms with van der Waals surface area (Å²) in [5.74, 6) is 1.74. The van der Waals surface area contributed by atoms with Gasteiger partial charge in [-0.2, -0.15) is 5.10 Å². The van der Waals surface area contributed by atoms with Crippen LogP contribution in [0, 0.1) is 16.1 Å². The quantitative estimate of drug-likeness (QED) is 0.761. The lowest BCUT2D eigenvalue weighted by Gasteiger charge is -2.31. The number of rotatable bonds is 5. The number of aromatic nitrogens is 3. The van der Waals surface area contributed by atoms with Gasteiger partial charge in [0.1, 0.15) is 0 Å². The summed E-state index contributed by atoms with van der Waals surface area (Å²) in [5, 5.41) is 9.55. The fourth-order valence-electron chi connectivity index (χ4n) is 3.81. The summed E-state index contributed by atoms with van der Waals surface area (Å²) in [6, 6.07) is 4.19. The number of hydrogen-bond acceptors (Lipinski definition) is 3. The second-order valence-corrected chi connectivity index (χ2v) is 8.06. The molecule has 21 heavy (non-hydrogen) atoms. The van der Waals surface area contributed by atoms with Crippen LogP contribution in [0.15, 0.2) is 17.5 Å². The lowest BCUT2D eigenvalue weighted by Crippen LogP contribution is -2.26. The van der Waals surface area contributed by atoms with E-state index in [9.17, 15) is 0 Å². The van der Waals surface area contributed by atoms with Gasteiger partial charge in [0.05, 0.1) is 4.88 Å². The van der Waals surface area contributed by atoms with Crippen molar-refractivity contribution in [1.82, 2.24) is 14.8 Å². The highest BCUT2D eigenvalue weighted by molar-refractivity contribution is 7.71. The predicted molar refractivity (Wildman–Crippen MR) is 91.1 cm³/mol. The molecule has 1 saturated carbocycles. The Morgan fingerprint density at radius 1 is 1.43 bits per heavy atom. The maximum absolute atomic E-state index is 5.49. The van der Waals surface area contributed by atoms with Gasteiger partial charge in [-0.1, -0.05) is 32.8 Å². The molecule has 0 amide bonds. The van der Waals surface area contributed by atoms with E-state index in [0.29, 0.717) is 5.41 Å². The van der Waals surface area contributed by atoms with Crippen LogP contribution < -0.4 is 0 Å². The zero-order chi connectivity index (χ0) is 14.9. The first-order valence-corrected chi connectivity index (χ1v) is 9.08. The van der Waals surface area contributed by atoms with Crippen LogP contribution in [0.25, 0.3) is 10.7 Å². The minimum atomic E-state index is 0.405. The molecule has 1 aliphatic carbocycles. The molecular formula is C16H23N3S2. The van der Waals surface area contributed by atoms with Gasteiger partial charge in [-0.3, -0.25) is 9.67 Å². The number of H-pyrrole nitrogens is 1. The maximum Gasteiger partial charge on any atom is 0.195 e. The molecule has 114 valence electrons. The largest absolute Gasteiger partial charge is 0.299 e. The fourth-order valence-corrected chi connectivity index (χ4v) is 4.73. The minimum Gasteiger partial charge on any atom is -0.299 e. The van der Waals surface area contributed by atoms with E-state index in [1.807, 2.05) is 0 Å². The van der Waals surface area contributed by atoms with Gasteiger partial charge in [0.15, 0.2) is 10.6 Å². The zero-order valence-electron chi connectivity index (χ0n) is 12.8. The van der Waals surface area contributed by atoms with E-state index in [0.717, 1.165) is 23.1 Å². The van der Waals surface area contributed by atoms with Crippen LogP contribution in [-0.4, -0.2) is 14.8 Å². The van der Waals surface area contributed by atoms with Crippen molar-refractivity contribution in [3.8, 4) is 10.7 Å². The van der Waals surface area contributed by atoms with Crippen molar-refractivity contribution in [2.75, 3.05) is 0 Å². The molecule has 2 aromatic rings. The summed E-state index contributed by atoms with van der Waals surface area (Å²) >= 11 is 7.22. The Hall–Kier alpha value is -0.940. The summed E-state index contributed by atoms with van der Waals surface area (Å²) in [4.78, 5) is 1.19. The lowest BCUT2D eigenvalue weighted by molar-refractivity contribution is 0.197. The summed E-state index contributed by atoms with van der Waals surface area (Å²) in [5.41, 5.74) is 0.405. The standard InChI is InChI=1S/C16H23N3S2/c1-12(2)10-16(7-3-4-8-16)11-19-14(17-18-15(19)20)13-6-5-9-21-13/h5-6,9,12H,3-4,7-8,10-11H2,1-2H3,(H,18,20). The molecule has 1 aliphatic rings. The SMILES string of the molecule is CC(C)CC1(Cn2c(-c3cccs3)n[nH]c2=S)CCCC1. The van der Waals surface area contributed by atoms with Crippen LogP contribution in [0.3, 0.4) is 0 Å². The van der Waals surface area contributed by atoms with Gasteiger partial charge in [0, 0.05) is 6.54 Å². The van der Waals surface area contributed by atoms with Gasteiger partial charge in [-0.05, 0) is 54.3 Å². The topological polar surface area (TPSA) is 33.6 Å². The lowest BCUT2D eigenvalue weighted by atomic mass is 9.78. The molecule has 0 aromatic carbocycles. The van der Waals surface area contributed by atoms with Gasteiger partial charge in [-0.15, -0.1) is 11.3 Å². The summed E-state index contributed by atoms with van der Waals surface area (Å²) < 4.78 is 2.99. The van der Waals surface area contributed by atoms with Crippen molar-refractivity contribution in [3.63, 3.8) is 0 Å². The molecule has 0 unspecified atom stereocenters. The Morgan fingerprint density at radius 2 is 2.19 bits per heavy atom. The monoisotopic (exact) mass is 321 g/mol. The molecule has 0 aliphatic heterocycles. The molecular weight excluding hydrogens is 298 g/mol. The molecule has 1 fully saturated rings. The predicted octanol–water partition coefficient (Wildman–Crippen LogP) is 5.28. The van der Waals surface area contributed by atoms with E-state index < -0.39 is 0 Å². The van der Waals surface area contributed by atoms with E-state index in [-0.39, 0.29) is 0 Å². The second kappa shape index (κ2) is 6.05. The molecule has 0 spiro atoms. The highest BCUT2D eigenvalue weighted by Crippen LogP contribution is 2.45. The Labute approximate surface area is 135 Å². The molecule has 2 aromatic heterocycles. The number of nitrogens with zero attached hydrogens (tertiary/aromatic N) is 2. The number of aromatic amines is 1. The highest BCUT2D eigenvalue weighted by Gasteiger charge is 2.35. The van der Waals surface area contributed by atoms with Crippen molar-refractivity contribution < 1.29 is 0 Å². The minimum absolute atomic E-state index is 0.405. The Bertz CT molecular complexity index is 631. The van der Waals surface area contributed by atoms with Crippen LogP contribution >= 0.6 is 23.6 Å². The first kappa shape index (κ1) is 15.0. The van der Waals surface area contributed by atoms with Gasteiger partial charge >= 0.3 is 0 Å². The molecule has 2 heterocycles. The van der Waals surface area contributed by atoms with Crippen LogP contribution in [0.1, 0.15) is 46.0 Å². The van der Waals surface area contributed by atoms with Crippen molar-refractivity contribution in [2.24, 2.45) is 11.3 Å². The van der Waals surface area contributed by atoms with Crippen LogP contribution in [-0.2, 0) is 6.54 Å². The molecule has 0 bridgehead atoms. The third-order valence-electron chi connectivity index (χ3n) is 4.50. The van der Waals surface area contributed by atoms with Gasteiger partial charge in [-0.25, -0.2) is 0 Å². The van der Waals surface area contributed by atoms with E-state index in [2.05, 4.69) is 46.1 Å². The van der Waals surface area contributed by atoms with E-state index in [1.54, 1.807) is 11.3 Å². The fraction of sp³-hybridized carbons (Fsp3) is 0.625. The number of thiophene rings is 1. The van der Waals surface area contributed by atoms with Gasteiger partial charge in [0.25, 0.3) is 0 Å². The molecule has 3 nitrogen and oxygen atoms in total. The van der Waals surface area contributed by atoms with Crippen molar-refractivity contribution in [3.05, 3.63) is 22.3 Å². The molecule has 3 rings (SSSR count). The van der Waals surface area contributed by atoms with Crippen molar-refractivity contribution in [1.29, 1.82) is 0 Å². The van der Waals surface area contributed by atoms with Gasteiger partial charge in [0.2, 0.25) is 0 Å². The molecule has 0 saturated heterocycles.